The average molecular weight is 560 g/mol. The molecule has 3 aromatic rings. The van der Waals surface area contributed by atoms with E-state index in [4.69, 9.17) is 4.74 Å². The number of fused-ring (bicyclic) bond motifs is 1. The third-order valence-corrected chi connectivity index (χ3v) is 6.72. The standard InChI is InChI=1S/C24H26BrN5O4S/c25-16-6-9-18-20(14-16)35-24(28-18)29-19(22(32)33)13-15-4-7-17(8-5-15)34-12-1-3-21(31)30-23-26-10-2-11-27-23/h4-9,14,19H,1-3,10-13H2,(H,28,29)(H,32,33)(H2,26,27,30,31). The molecule has 0 saturated heterocycles. The first-order chi connectivity index (χ1) is 17.0. The molecule has 9 nitrogen and oxygen atoms in total. The van der Waals surface area contributed by atoms with Gasteiger partial charge in [0.25, 0.3) is 0 Å². The van der Waals surface area contributed by atoms with Crippen molar-refractivity contribution in [3.63, 3.8) is 0 Å². The molecule has 35 heavy (non-hydrogen) atoms. The molecule has 0 saturated carbocycles. The monoisotopic (exact) mass is 559 g/mol. The second kappa shape index (κ2) is 12.0. The highest BCUT2D eigenvalue weighted by atomic mass is 79.9. The van der Waals surface area contributed by atoms with Crippen LogP contribution in [0.1, 0.15) is 24.8 Å². The maximum Gasteiger partial charge on any atom is 0.326 e. The molecule has 2 aromatic carbocycles. The van der Waals surface area contributed by atoms with Crippen LogP contribution in [0, 0.1) is 0 Å². The summed E-state index contributed by atoms with van der Waals surface area (Å²) in [4.78, 5) is 32.5. The van der Waals surface area contributed by atoms with E-state index in [1.807, 2.05) is 42.5 Å². The van der Waals surface area contributed by atoms with Crippen LogP contribution < -0.4 is 20.7 Å². The van der Waals surface area contributed by atoms with E-state index < -0.39 is 12.0 Å². The Morgan fingerprint density at radius 1 is 1.23 bits per heavy atom. The molecule has 0 radical (unpaired) electrons. The topological polar surface area (TPSA) is 125 Å². The van der Waals surface area contributed by atoms with Crippen LogP contribution in [-0.4, -0.2) is 53.7 Å². The minimum atomic E-state index is -0.946. The summed E-state index contributed by atoms with van der Waals surface area (Å²) in [6, 6.07) is 12.3. The number of carboxylic acid groups (broad SMARTS) is 1. The first-order valence-corrected chi connectivity index (χ1v) is 12.9. The van der Waals surface area contributed by atoms with Gasteiger partial charge in [-0.25, -0.2) is 9.78 Å². The molecule has 0 aliphatic carbocycles. The number of nitrogens with zero attached hydrogens (tertiary/aromatic N) is 2. The summed E-state index contributed by atoms with van der Waals surface area (Å²) in [6.45, 7) is 1.95. The van der Waals surface area contributed by atoms with Crippen molar-refractivity contribution in [2.24, 2.45) is 4.99 Å². The van der Waals surface area contributed by atoms with E-state index in [1.165, 1.54) is 11.3 Å². The molecular weight excluding hydrogens is 534 g/mol. The number of aliphatic imine (C=N–C) groups is 1. The first kappa shape index (κ1) is 24.9. The highest BCUT2D eigenvalue weighted by Crippen LogP contribution is 2.29. The summed E-state index contributed by atoms with van der Waals surface area (Å²) < 4.78 is 7.65. The summed E-state index contributed by atoms with van der Waals surface area (Å²) >= 11 is 4.86. The number of aliphatic carboxylic acids is 1. The minimum Gasteiger partial charge on any atom is -0.494 e. The van der Waals surface area contributed by atoms with Crippen LogP contribution in [0.15, 0.2) is 51.9 Å². The van der Waals surface area contributed by atoms with Gasteiger partial charge in [-0.15, -0.1) is 0 Å². The molecule has 0 fully saturated rings. The van der Waals surface area contributed by atoms with Crippen LogP contribution in [0.3, 0.4) is 0 Å². The lowest BCUT2D eigenvalue weighted by Crippen LogP contribution is -2.43. The molecule has 0 bridgehead atoms. The molecule has 1 amide bonds. The van der Waals surface area contributed by atoms with E-state index in [1.54, 1.807) is 0 Å². The number of carboxylic acids is 1. The Balaban J connectivity index is 1.24. The number of benzene rings is 2. The number of rotatable bonds is 10. The number of carbonyl (C=O) groups excluding carboxylic acids is 1. The third-order valence-electron chi connectivity index (χ3n) is 5.28. The lowest BCUT2D eigenvalue weighted by molar-refractivity contribution is -0.137. The number of hydrogen-bond donors (Lipinski definition) is 4. The summed E-state index contributed by atoms with van der Waals surface area (Å²) in [5.74, 6) is 0.177. The number of halogens is 1. The van der Waals surface area contributed by atoms with Crippen molar-refractivity contribution in [1.82, 2.24) is 15.6 Å². The number of aromatic nitrogens is 1. The maximum atomic E-state index is 12.0. The van der Waals surface area contributed by atoms with Crippen LogP contribution in [0.5, 0.6) is 5.75 Å². The van der Waals surface area contributed by atoms with Crippen LogP contribution in [0.2, 0.25) is 0 Å². The van der Waals surface area contributed by atoms with E-state index in [9.17, 15) is 14.7 Å². The molecule has 0 spiro atoms. The Morgan fingerprint density at radius 2 is 2.06 bits per heavy atom. The van der Waals surface area contributed by atoms with E-state index in [0.29, 0.717) is 42.7 Å². The number of nitrogens with one attached hydrogen (secondary N) is 3. The number of guanidine groups is 1. The van der Waals surface area contributed by atoms with Gasteiger partial charge >= 0.3 is 5.97 Å². The van der Waals surface area contributed by atoms with Crippen LogP contribution in [0.25, 0.3) is 10.2 Å². The van der Waals surface area contributed by atoms with E-state index in [2.05, 4.69) is 41.9 Å². The zero-order chi connectivity index (χ0) is 24.6. The number of carbonyl (C=O) groups is 2. The zero-order valence-electron chi connectivity index (χ0n) is 18.9. The summed E-state index contributed by atoms with van der Waals surface area (Å²) in [6.07, 6.45) is 2.19. The van der Waals surface area contributed by atoms with Crippen molar-refractivity contribution < 1.29 is 19.4 Å². The van der Waals surface area contributed by atoms with Gasteiger partial charge < -0.3 is 20.5 Å². The van der Waals surface area contributed by atoms with E-state index in [-0.39, 0.29) is 5.91 Å². The van der Waals surface area contributed by atoms with Gasteiger partial charge in [0.05, 0.1) is 16.8 Å². The molecule has 1 atom stereocenters. The number of amides is 1. The Hall–Kier alpha value is -3.18. The maximum absolute atomic E-state index is 12.0. The van der Waals surface area contributed by atoms with Crippen LogP contribution >= 0.6 is 27.3 Å². The fraction of sp³-hybridized carbons (Fsp3) is 0.333. The number of ether oxygens (including phenoxy) is 1. The molecular formula is C24H26BrN5O4S. The summed E-state index contributed by atoms with van der Waals surface area (Å²) in [5, 5.41) is 19.1. The fourth-order valence-corrected chi connectivity index (χ4v) is 4.97. The highest BCUT2D eigenvalue weighted by molar-refractivity contribution is 9.10. The molecule has 1 aliphatic heterocycles. The molecule has 1 aromatic heterocycles. The summed E-state index contributed by atoms with van der Waals surface area (Å²) in [5.41, 5.74) is 1.68. The van der Waals surface area contributed by atoms with Crippen molar-refractivity contribution in [2.45, 2.75) is 31.7 Å². The Morgan fingerprint density at radius 3 is 2.80 bits per heavy atom. The van der Waals surface area contributed by atoms with E-state index >= 15 is 0 Å². The van der Waals surface area contributed by atoms with Gasteiger partial charge in [-0.2, -0.15) is 0 Å². The number of hydrogen-bond acceptors (Lipinski definition) is 8. The van der Waals surface area contributed by atoms with Crippen molar-refractivity contribution in [2.75, 3.05) is 25.0 Å². The smallest absolute Gasteiger partial charge is 0.326 e. The van der Waals surface area contributed by atoms with Crippen molar-refractivity contribution >= 4 is 60.5 Å². The summed E-state index contributed by atoms with van der Waals surface area (Å²) in [7, 11) is 0. The largest absolute Gasteiger partial charge is 0.494 e. The minimum absolute atomic E-state index is 0.0925. The average Bonchev–Trinajstić information content (AvgIpc) is 3.24. The Bertz CT molecular complexity index is 1210. The third kappa shape index (κ3) is 7.40. The second-order valence-corrected chi connectivity index (χ2v) is 9.97. The predicted octanol–water partition coefficient (Wildman–Crippen LogP) is 3.79. The first-order valence-electron chi connectivity index (χ1n) is 11.3. The second-order valence-electron chi connectivity index (χ2n) is 8.03. The predicted molar refractivity (Wildman–Crippen MR) is 140 cm³/mol. The molecule has 11 heteroatoms. The molecule has 4 N–H and O–H groups in total. The van der Waals surface area contributed by atoms with Gasteiger partial charge in [-0.05, 0) is 48.7 Å². The van der Waals surface area contributed by atoms with Crippen LogP contribution in [-0.2, 0) is 16.0 Å². The normalized spacial score (nSPS) is 14.0. The lowest BCUT2D eigenvalue weighted by atomic mass is 10.1. The Kier molecular flexibility index (Phi) is 8.54. The van der Waals surface area contributed by atoms with Gasteiger partial charge in [-0.1, -0.05) is 39.4 Å². The van der Waals surface area contributed by atoms with Crippen LogP contribution in [0.4, 0.5) is 5.13 Å². The molecule has 1 unspecified atom stereocenters. The van der Waals surface area contributed by atoms with Gasteiger partial charge in [0.1, 0.15) is 11.8 Å². The van der Waals surface area contributed by atoms with Crippen molar-refractivity contribution in [3.05, 3.63) is 52.5 Å². The molecule has 4 rings (SSSR count). The van der Waals surface area contributed by atoms with Gasteiger partial charge in [0.15, 0.2) is 11.1 Å². The van der Waals surface area contributed by atoms with Crippen molar-refractivity contribution in [1.29, 1.82) is 0 Å². The fourth-order valence-electron chi connectivity index (χ4n) is 3.50. The number of anilines is 1. The molecule has 2 heterocycles. The SMILES string of the molecule is O=C(CCCOc1ccc(CC(Nc2nc3ccc(Br)cc3s2)C(=O)O)cc1)NC1=NCCCN1. The molecule has 184 valence electrons. The highest BCUT2D eigenvalue weighted by Gasteiger charge is 2.20. The zero-order valence-corrected chi connectivity index (χ0v) is 21.3. The van der Waals surface area contributed by atoms with E-state index in [0.717, 1.165) is 39.8 Å². The Labute approximate surface area is 215 Å². The van der Waals surface area contributed by atoms with Gasteiger partial charge in [0.2, 0.25) is 5.91 Å². The molecule has 1 aliphatic rings. The van der Waals surface area contributed by atoms with Gasteiger partial charge in [-0.3, -0.25) is 15.1 Å². The van der Waals surface area contributed by atoms with Crippen molar-refractivity contribution in [3.8, 4) is 5.75 Å². The lowest BCUT2D eigenvalue weighted by Gasteiger charge is -2.15. The van der Waals surface area contributed by atoms with Gasteiger partial charge in [0, 0.05) is 30.4 Å². The number of thiazole rings is 1. The quantitative estimate of drug-likeness (QED) is 0.278.